The number of hydrogen-bond donors (Lipinski definition) is 2. The zero-order valence-electron chi connectivity index (χ0n) is 11.8. The Kier molecular flexibility index (Phi) is 2.73. The summed E-state index contributed by atoms with van der Waals surface area (Å²) < 4.78 is 0. The fourth-order valence-electron chi connectivity index (χ4n) is 2.89. The second-order valence-corrected chi connectivity index (χ2v) is 5.14. The first kappa shape index (κ1) is 12.1. The lowest BCUT2D eigenvalue weighted by Gasteiger charge is -2.30. The zero-order chi connectivity index (χ0) is 14.2. The summed E-state index contributed by atoms with van der Waals surface area (Å²) in [5.41, 5.74) is 3.35. The van der Waals surface area contributed by atoms with Crippen LogP contribution >= 0.6 is 0 Å². The lowest BCUT2D eigenvalue weighted by Crippen LogP contribution is -2.25. The molecule has 6 heteroatoms. The van der Waals surface area contributed by atoms with Crippen LogP contribution in [0.4, 0.5) is 17.5 Å². The van der Waals surface area contributed by atoms with E-state index in [0.717, 1.165) is 36.2 Å². The van der Waals surface area contributed by atoms with Crippen molar-refractivity contribution in [1.29, 1.82) is 0 Å². The van der Waals surface area contributed by atoms with Gasteiger partial charge >= 0.3 is 0 Å². The number of aromatic nitrogens is 4. The number of hydrogen-bond acceptors (Lipinski definition) is 5. The monoisotopic (exact) mass is 280 g/mol. The minimum Gasteiger partial charge on any atom is -0.357 e. The Labute approximate surface area is 122 Å². The van der Waals surface area contributed by atoms with Crippen LogP contribution in [0.3, 0.4) is 0 Å². The number of benzene rings is 1. The number of para-hydroxylation sites is 1. The minimum absolute atomic E-state index is 0.602. The highest BCUT2D eigenvalue weighted by atomic mass is 15.3. The van der Waals surface area contributed by atoms with Gasteiger partial charge in [0.1, 0.15) is 5.82 Å². The Morgan fingerprint density at radius 1 is 1.24 bits per heavy atom. The lowest BCUT2D eigenvalue weighted by atomic mass is 10.0. The Bertz CT molecular complexity index is 794. The third kappa shape index (κ3) is 1.91. The molecule has 21 heavy (non-hydrogen) atoms. The highest BCUT2D eigenvalue weighted by Gasteiger charge is 2.22. The van der Waals surface area contributed by atoms with Gasteiger partial charge in [0.15, 0.2) is 5.65 Å². The predicted octanol–water partition coefficient (Wildman–Crippen LogP) is 2.48. The Hall–Kier alpha value is -2.63. The van der Waals surface area contributed by atoms with Gasteiger partial charge in [0.25, 0.3) is 0 Å². The van der Waals surface area contributed by atoms with Crippen molar-refractivity contribution >= 4 is 28.5 Å². The molecule has 3 heterocycles. The minimum atomic E-state index is 0.602. The molecule has 6 nitrogen and oxygen atoms in total. The molecule has 0 saturated carbocycles. The first-order valence-corrected chi connectivity index (χ1v) is 7.11. The van der Waals surface area contributed by atoms with Gasteiger partial charge in [-0.05, 0) is 24.5 Å². The van der Waals surface area contributed by atoms with E-state index in [1.807, 2.05) is 7.05 Å². The summed E-state index contributed by atoms with van der Waals surface area (Å²) in [5.74, 6) is 1.51. The van der Waals surface area contributed by atoms with Gasteiger partial charge in [-0.15, -0.1) is 0 Å². The second kappa shape index (κ2) is 4.73. The maximum atomic E-state index is 4.66. The summed E-state index contributed by atoms with van der Waals surface area (Å²) >= 11 is 0. The molecular weight excluding hydrogens is 264 g/mol. The molecule has 3 aromatic rings. The van der Waals surface area contributed by atoms with Gasteiger partial charge in [-0.25, -0.2) is 0 Å². The molecule has 0 fully saturated rings. The maximum absolute atomic E-state index is 4.66. The van der Waals surface area contributed by atoms with E-state index in [9.17, 15) is 0 Å². The third-order valence-corrected chi connectivity index (χ3v) is 3.88. The fraction of sp³-hybridized carbons (Fsp3) is 0.267. The van der Waals surface area contributed by atoms with Crippen molar-refractivity contribution in [3.8, 4) is 0 Å². The van der Waals surface area contributed by atoms with Crippen molar-refractivity contribution in [2.75, 3.05) is 23.8 Å². The Balaban J connectivity index is 1.93. The van der Waals surface area contributed by atoms with E-state index in [2.05, 4.69) is 54.6 Å². The largest absolute Gasteiger partial charge is 0.357 e. The van der Waals surface area contributed by atoms with Crippen LogP contribution in [0.5, 0.6) is 0 Å². The summed E-state index contributed by atoms with van der Waals surface area (Å²) in [6, 6.07) is 8.51. The van der Waals surface area contributed by atoms with Crippen LogP contribution in [0, 0.1) is 0 Å². The van der Waals surface area contributed by atoms with Crippen LogP contribution in [-0.4, -0.2) is 33.8 Å². The molecule has 0 atom stereocenters. The van der Waals surface area contributed by atoms with Gasteiger partial charge in [-0.2, -0.15) is 15.1 Å². The van der Waals surface area contributed by atoms with Gasteiger partial charge in [0.2, 0.25) is 5.95 Å². The fourth-order valence-corrected chi connectivity index (χ4v) is 2.89. The average molecular weight is 280 g/mol. The molecule has 0 spiro atoms. The summed E-state index contributed by atoms with van der Waals surface area (Å²) in [4.78, 5) is 11.3. The predicted molar refractivity (Wildman–Crippen MR) is 83.0 cm³/mol. The first-order chi connectivity index (χ1) is 10.4. The summed E-state index contributed by atoms with van der Waals surface area (Å²) in [5, 5.41) is 11.0. The number of H-pyrrole nitrogens is 1. The van der Waals surface area contributed by atoms with Gasteiger partial charge in [0, 0.05) is 19.3 Å². The molecular formula is C15H16N6. The van der Waals surface area contributed by atoms with E-state index >= 15 is 0 Å². The van der Waals surface area contributed by atoms with Crippen molar-refractivity contribution in [3.63, 3.8) is 0 Å². The normalized spacial score (nSPS) is 14.2. The van der Waals surface area contributed by atoms with Crippen molar-refractivity contribution in [2.45, 2.75) is 12.8 Å². The molecule has 2 N–H and O–H groups in total. The van der Waals surface area contributed by atoms with E-state index in [0.29, 0.717) is 5.95 Å². The number of fused-ring (bicyclic) bond motifs is 2. The van der Waals surface area contributed by atoms with Crippen LogP contribution in [0.1, 0.15) is 12.0 Å². The smallest absolute Gasteiger partial charge is 0.226 e. The van der Waals surface area contributed by atoms with Gasteiger partial charge in [0.05, 0.1) is 11.6 Å². The molecule has 1 aromatic carbocycles. The van der Waals surface area contributed by atoms with Crippen LogP contribution in [0.2, 0.25) is 0 Å². The van der Waals surface area contributed by atoms with Crippen molar-refractivity contribution in [3.05, 3.63) is 36.0 Å². The van der Waals surface area contributed by atoms with Gasteiger partial charge < -0.3 is 10.2 Å². The van der Waals surface area contributed by atoms with E-state index in [1.54, 1.807) is 6.20 Å². The SMILES string of the molecule is CNc1nc(N2CCCc3ccccc32)c2cn[nH]c2n1. The van der Waals surface area contributed by atoms with E-state index in [-0.39, 0.29) is 0 Å². The van der Waals surface area contributed by atoms with Crippen molar-refractivity contribution in [2.24, 2.45) is 0 Å². The number of aromatic amines is 1. The van der Waals surface area contributed by atoms with Crippen LogP contribution in [0.25, 0.3) is 11.0 Å². The summed E-state index contributed by atoms with van der Waals surface area (Å²) in [6.45, 7) is 0.956. The number of nitrogens with one attached hydrogen (secondary N) is 2. The Morgan fingerprint density at radius 3 is 3.05 bits per heavy atom. The molecule has 4 rings (SSSR count). The van der Waals surface area contributed by atoms with Crippen molar-refractivity contribution < 1.29 is 0 Å². The quantitative estimate of drug-likeness (QED) is 0.754. The molecule has 0 unspecified atom stereocenters. The molecule has 0 saturated heterocycles. The molecule has 1 aliphatic heterocycles. The second-order valence-electron chi connectivity index (χ2n) is 5.14. The number of aryl methyl sites for hydroxylation is 1. The molecule has 0 amide bonds. The lowest BCUT2D eigenvalue weighted by molar-refractivity contribution is 0.761. The zero-order valence-corrected chi connectivity index (χ0v) is 11.8. The highest BCUT2D eigenvalue weighted by molar-refractivity contribution is 5.90. The first-order valence-electron chi connectivity index (χ1n) is 7.11. The molecule has 1 aliphatic rings. The summed E-state index contributed by atoms with van der Waals surface area (Å²) in [6.07, 6.45) is 4.03. The third-order valence-electron chi connectivity index (χ3n) is 3.88. The van der Waals surface area contributed by atoms with E-state index in [1.165, 1.54) is 11.3 Å². The van der Waals surface area contributed by atoms with Crippen LogP contribution in [0.15, 0.2) is 30.5 Å². The molecule has 0 radical (unpaired) electrons. The van der Waals surface area contributed by atoms with Gasteiger partial charge in [-0.3, -0.25) is 5.10 Å². The van der Waals surface area contributed by atoms with Crippen LogP contribution in [-0.2, 0) is 6.42 Å². The van der Waals surface area contributed by atoms with Gasteiger partial charge in [-0.1, -0.05) is 18.2 Å². The highest BCUT2D eigenvalue weighted by Crippen LogP contribution is 2.35. The number of anilines is 3. The maximum Gasteiger partial charge on any atom is 0.226 e. The van der Waals surface area contributed by atoms with E-state index < -0.39 is 0 Å². The molecule has 0 aliphatic carbocycles. The number of rotatable bonds is 2. The molecule has 0 bridgehead atoms. The topological polar surface area (TPSA) is 69.7 Å². The van der Waals surface area contributed by atoms with Crippen LogP contribution < -0.4 is 10.2 Å². The number of nitrogens with zero attached hydrogens (tertiary/aromatic N) is 4. The van der Waals surface area contributed by atoms with Crippen molar-refractivity contribution in [1.82, 2.24) is 20.2 Å². The average Bonchev–Trinajstić information content (AvgIpc) is 3.02. The van der Waals surface area contributed by atoms with E-state index in [4.69, 9.17) is 0 Å². The molecule has 2 aromatic heterocycles. The Morgan fingerprint density at radius 2 is 2.14 bits per heavy atom. The molecule has 106 valence electrons. The summed E-state index contributed by atoms with van der Waals surface area (Å²) in [7, 11) is 1.82. The standard InChI is InChI=1S/C15H16N6/c1-16-15-18-13-11(9-17-20-13)14(19-15)21-8-4-6-10-5-2-3-7-12(10)21/h2-3,5,7,9H,4,6,8H2,1H3,(H2,16,17,18,19,20).